The van der Waals surface area contributed by atoms with Gasteiger partial charge in [0, 0.05) is 16.8 Å². The lowest BCUT2D eigenvalue weighted by Gasteiger charge is -2.25. The maximum Gasteiger partial charge on any atom is 0.287 e. The zero-order valence-corrected chi connectivity index (χ0v) is 16.6. The van der Waals surface area contributed by atoms with Crippen LogP contribution in [0.5, 0.6) is 5.75 Å². The van der Waals surface area contributed by atoms with Crippen molar-refractivity contribution < 1.29 is 14.4 Å². The van der Waals surface area contributed by atoms with Crippen molar-refractivity contribution in [1.82, 2.24) is 0 Å². The minimum atomic E-state index is -0.325. The van der Waals surface area contributed by atoms with Crippen LogP contribution in [-0.2, 0) is 11.3 Å². The topological polar surface area (TPSA) is 42.8 Å². The van der Waals surface area contributed by atoms with E-state index in [0.717, 1.165) is 27.5 Å². The number of carbonyl (C=O) groups excluding carboxylic acids is 1. The molecule has 0 aromatic heterocycles. The van der Waals surface area contributed by atoms with Gasteiger partial charge in [-0.15, -0.1) is 0 Å². The number of benzene rings is 3. The fourth-order valence-corrected chi connectivity index (χ4v) is 3.36. The van der Waals surface area contributed by atoms with Gasteiger partial charge in [-0.2, -0.15) is 0 Å². The molecule has 0 aliphatic carbocycles. The smallest absolute Gasteiger partial charge is 0.287 e. The number of quaternary nitrogens is 1. The summed E-state index contributed by atoms with van der Waals surface area (Å²) in [6.07, 6.45) is 0. The van der Waals surface area contributed by atoms with Gasteiger partial charge in [0.05, 0.1) is 14.2 Å². The number of carbonyl (C=O) groups is 1. The minimum Gasteiger partial charge on any atom is -0.497 e. The van der Waals surface area contributed by atoms with E-state index in [1.807, 2.05) is 86.8 Å². The molecule has 0 spiro atoms. The van der Waals surface area contributed by atoms with Crippen molar-refractivity contribution >= 4 is 11.6 Å². The first-order valence-corrected chi connectivity index (χ1v) is 9.44. The number of amides is 1. The van der Waals surface area contributed by atoms with E-state index < -0.39 is 0 Å². The molecule has 0 saturated carbocycles. The van der Waals surface area contributed by atoms with Crippen molar-refractivity contribution in [3.8, 4) is 5.75 Å². The van der Waals surface area contributed by atoms with Gasteiger partial charge in [-0.25, -0.2) is 0 Å². The number of hydrogen-bond donors (Lipinski definition) is 2. The molecule has 0 radical (unpaired) electrons. The maximum absolute atomic E-state index is 13.2. The van der Waals surface area contributed by atoms with Crippen molar-refractivity contribution in [3.05, 3.63) is 95.6 Å². The fourth-order valence-electron chi connectivity index (χ4n) is 3.36. The molecule has 2 atom stereocenters. The average Bonchev–Trinajstić information content (AvgIpc) is 2.71. The van der Waals surface area contributed by atoms with Crippen LogP contribution in [0.1, 0.15) is 22.7 Å². The third-order valence-corrected chi connectivity index (χ3v) is 4.82. The number of ether oxygens (including phenoxy) is 1. The van der Waals surface area contributed by atoms with Crippen molar-refractivity contribution in [1.29, 1.82) is 0 Å². The molecule has 144 valence electrons. The van der Waals surface area contributed by atoms with E-state index in [9.17, 15) is 4.79 Å². The second-order valence-corrected chi connectivity index (χ2v) is 7.07. The van der Waals surface area contributed by atoms with E-state index in [1.54, 1.807) is 7.11 Å². The van der Waals surface area contributed by atoms with E-state index in [0.29, 0.717) is 6.54 Å². The number of methoxy groups -OCH3 is 1. The first-order chi connectivity index (χ1) is 13.6. The molecule has 3 aromatic carbocycles. The summed E-state index contributed by atoms with van der Waals surface area (Å²) in [4.78, 5) is 14.3. The summed E-state index contributed by atoms with van der Waals surface area (Å²) < 4.78 is 5.33. The Kier molecular flexibility index (Phi) is 6.45. The molecular formula is C24H27N2O2+. The standard InChI is InChI=1S/C24H26N2O2/c1-18-12-14-21(15-13-18)25-24(27)23(20-9-5-4-6-10-20)26(2)17-19-8-7-11-22(16-19)28-3/h4-16,23H,17H2,1-3H3,(H,25,27)/p+1/t23-/m0/s1. The van der Waals surface area contributed by atoms with Gasteiger partial charge in [0.15, 0.2) is 6.04 Å². The number of aryl methyl sites for hydroxylation is 1. The third kappa shape index (κ3) is 4.99. The Hall–Kier alpha value is -3.11. The van der Waals surface area contributed by atoms with Crippen LogP contribution in [0.15, 0.2) is 78.9 Å². The van der Waals surface area contributed by atoms with E-state index >= 15 is 0 Å². The van der Waals surface area contributed by atoms with Crippen molar-refractivity contribution in [2.24, 2.45) is 0 Å². The van der Waals surface area contributed by atoms with E-state index in [4.69, 9.17) is 4.74 Å². The summed E-state index contributed by atoms with van der Waals surface area (Å²) in [6, 6.07) is 25.5. The number of hydrogen-bond acceptors (Lipinski definition) is 2. The van der Waals surface area contributed by atoms with Gasteiger partial charge in [0.1, 0.15) is 12.3 Å². The highest BCUT2D eigenvalue weighted by Gasteiger charge is 2.29. The molecule has 28 heavy (non-hydrogen) atoms. The highest BCUT2D eigenvalue weighted by Crippen LogP contribution is 2.16. The maximum atomic E-state index is 13.2. The quantitative estimate of drug-likeness (QED) is 0.665. The van der Waals surface area contributed by atoms with Crippen LogP contribution < -0.4 is 15.0 Å². The predicted octanol–water partition coefficient (Wildman–Crippen LogP) is 3.40. The van der Waals surface area contributed by atoms with Crippen LogP contribution in [0, 0.1) is 6.92 Å². The minimum absolute atomic E-state index is 0.0181. The lowest BCUT2D eigenvalue weighted by atomic mass is 10.0. The van der Waals surface area contributed by atoms with Gasteiger partial charge in [-0.05, 0) is 31.2 Å². The van der Waals surface area contributed by atoms with Crippen LogP contribution in [-0.4, -0.2) is 20.1 Å². The van der Waals surface area contributed by atoms with Crippen molar-refractivity contribution in [3.63, 3.8) is 0 Å². The molecule has 3 rings (SSSR count). The molecule has 0 bridgehead atoms. The Morgan fingerprint density at radius 2 is 1.71 bits per heavy atom. The molecule has 4 nitrogen and oxygen atoms in total. The van der Waals surface area contributed by atoms with E-state index in [1.165, 1.54) is 5.56 Å². The molecule has 0 aliphatic heterocycles. The Balaban J connectivity index is 1.83. The van der Waals surface area contributed by atoms with Gasteiger partial charge in [0.25, 0.3) is 5.91 Å². The SMILES string of the molecule is COc1cccc(C[NH+](C)[C@H](C(=O)Nc2ccc(C)cc2)c2ccccc2)c1. The predicted molar refractivity (Wildman–Crippen MR) is 113 cm³/mol. The molecular weight excluding hydrogens is 348 g/mol. The number of anilines is 1. The van der Waals surface area contributed by atoms with Gasteiger partial charge in [0.2, 0.25) is 0 Å². The highest BCUT2D eigenvalue weighted by atomic mass is 16.5. The largest absolute Gasteiger partial charge is 0.497 e. The molecule has 0 heterocycles. The average molecular weight is 375 g/mol. The van der Waals surface area contributed by atoms with Crippen LogP contribution >= 0.6 is 0 Å². The highest BCUT2D eigenvalue weighted by molar-refractivity contribution is 5.94. The van der Waals surface area contributed by atoms with Gasteiger partial charge in [-0.3, -0.25) is 4.79 Å². The van der Waals surface area contributed by atoms with Gasteiger partial charge in [-0.1, -0.05) is 60.2 Å². The zero-order valence-electron chi connectivity index (χ0n) is 16.6. The molecule has 1 unspecified atom stereocenters. The second-order valence-electron chi connectivity index (χ2n) is 7.07. The number of nitrogens with one attached hydrogen (secondary N) is 2. The Morgan fingerprint density at radius 3 is 2.39 bits per heavy atom. The first-order valence-electron chi connectivity index (χ1n) is 9.44. The summed E-state index contributed by atoms with van der Waals surface area (Å²) in [5.74, 6) is 0.807. The van der Waals surface area contributed by atoms with Crippen LogP contribution in [0.2, 0.25) is 0 Å². The Labute approximate surface area is 166 Å². The van der Waals surface area contributed by atoms with Gasteiger partial charge >= 0.3 is 0 Å². The van der Waals surface area contributed by atoms with Gasteiger partial charge < -0.3 is 15.0 Å². The number of likely N-dealkylation sites (N-methyl/N-ethyl adjacent to an activating group) is 1. The van der Waals surface area contributed by atoms with Crippen LogP contribution in [0.25, 0.3) is 0 Å². The van der Waals surface area contributed by atoms with Crippen molar-refractivity contribution in [2.75, 3.05) is 19.5 Å². The molecule has 3 aromatic rings. The summed E-state index contributed by atoms with van der Waals surface area (Å²) in [5.41, 5.74) is 4.09. The molecule has 0 fully saturated rings. The summed E-state index contributed by atoms with van der Waals surface area (Å²) in [6.45, 7) is 2.74. The normalized spacial score (nSPS) is 12.8. The summed E-state index contributed by atoms with van der Waals surface area (Å²) in [7, 11) is 3.71. The van der Waals surface area contributed by atoms with Crippen LogP contribution in [0.4, 0.5) is 5.69 Å². The zero-order chi connectivity index (χ0) is 19.9. The van der Waals surface area contributed by atoms with Crippen LogP contribution in [0.3, 0.4) is 0 Å². The molecule has 0 saturated heterocycles. The van der Waals surface area contributed by atoms with E-state index in [-0.39, 0.29) is 11.9 Å². The molecule has 0 aliphatic rings. The monoisotopic (exact) mass is 375 g/mol. The molecule has 2 N–H and O–H groups in total. The third-order valence-electron chi connectivity index (χ3n) is 4.82. The Morgan fingerprint density at radius 1 is 1.00 bits per heavy atom. The molecule has 1 amide bonds. The molecule has 4 heteroatoms. The van der Waals surface area contributed by atoms with E-state index in [2.05, 4.69) is 11.4 Å². The summed E-state index contributed by atoms with van der Waals surface area (Å²) >= 11 is 0. The second kappa shape index (κ2) is 9.20. The lowest BCUT2D eigenvalue weighted by molar-refractivity contribution is -0.915. The fraction of sp³-hybridized carbons (Fsp3) is 0.208. The lowest BCUT2D eigenvalue weighted by Crippen LogP contribution is -3.09. The first kappa shape index (κ1) is 19.6. The summed E-state index contributed by atoms with van der Waals surface area (Å²) in [5, 5.41) is 3.07. The Bertz CT molecular complexity index is 907. The van der Waals surface area contributed by atoms with Crippen molar-refractivity contribution in [2.45, 2.75) is 19.5 Å². The number of rotatable bonds is 7.